The maximum Gasteiger partial charge on any atom is 0.255 e. The van der Waals surface area contributed by atoms with Crippen LogP contribution in [0.15, 0.2) is 36.7 Å². The van der Waals surface area contributed by atoms with Crippen LogP contribution in [-0.4, -0.2) is 34.7 Å². The Labute approximate surface area is 145 Å². The number of nitrogens with one attached hydrogen (secondary N) is 2. The Hall–Kier alpha value is -1.89. The van der Waals surface area contributed by atoms with Gasteiger partial charge in [-0.05, 0) is 44.1 Å². The van der Waals surface area contributed by atoms with Crippen LogP contribution in [0, 0.1) is 0 Å². The molecule has 2 N–H and O–H groups in total. The Balaban J connectivity index is 1.57. The fraction of sp³-hybridized carbons (Fsp3) is 0.412. The molecular weight excluding hydrogens is 328 g/mol. The van der Waals surface area contributed by atoms with Gasteiger partial charge in [-0.15, -0.1) is 0 Å². The second-order valence-corrected chi connectivity index (χ2v) is 6.69. The summed E-state index contributed by atoms with van der Waals surface area (Å²) in [6.07, 6.45) is 4.76. The third-order valence-electron chi connectivity index (χ3n) is 4.65. The molecule has 1 aromatic carbocycles. The highest BCUT2D eigenvalue weighted by atomic mass is 35.5. The highest BCUT2D eigenvalue weighted by molar-refractivity contribution is 6.30. The summed E-state index contributed by atoms with van der Waals surface area (Å²) in [6, 6.07) is 7.12. The van der Waals surface area contributed by atoms with E-state index < -0.39 is 11.7 Å². The van der Waals surface area contributed by atoms with Crippen molar-refractivity contribution in [2.75, 3.05) is 18.4 Å². The van der Waals surface area contributed by atoms with E-state index in [0.717, 1.165) is 31.8 Å². The minimum atomic E-state index is -0.552. The lowest BCUT2D eigenvalue weighted by Gasteiger charge is -2.43. The molecule has 1 aromatic heterocycles. The zero-order valence-corrected chi connectivity index (χ0v) is 13.9. The van der Waals surface area contributed by atoms with E-state index >= 15 is 0 Å². The lowest BCUT2D eigenvalue weighted by molar-refractivity contribution is -0.163. The highest BCUT2D eigenvalue weighted by Crippen LogP contribution is 2.38. The number of hydrogen-bond donors (Lipinski definition) is 2. The number of imidazole rings is 1. The smallest absolute Gasteiger partial charge is 0.255 e. The number of carbonyl (C=O) groups is 1. The fourth-order valence-electron chi connectivity index (χ4n) is 3.49. The molecule has 1 atom stereocenters. The number of halogens is 1. The normalized spacial score (nSPS) is 22.1. The van der Waals surface area contributed by atoms with Gasteiger partial charge in [0, 0.05) is 23.1 Å². The van der Waals surface area contributed by atoms with Gasteiger partial charge in [-0.1, -0.05) is 17.7 Å². The average Bonchev–Trinajstić information content (AvgIpc) is 3.05. The van der Waals surface area contributed by atoms with Gasteiger partial charge < -0.3 is 19.9 Å². The number of ether oxygens (including phenoxy) is 1. The van der Waals surface area contributed by atoms with Crippen LogP contribution in [0.1, 0.15) is 18.7 Å². The van der Waals surface area contributed by atoms with E-state index in [1.54, 1.807) is 18.3 Å². The number of nitrogens with zero attached hydrogens (tertiary/aromatic N) is 2. The lowest BCUT2D eigenvalue weighted by atomic mass is 9.89. The number of anilines is 1. The predicted molar refractivity (Wildman–Crippen MR) is 91.0 cm³/mol. The van der Waals surface area contributed by atoms with Crippen LogP contribution in [0.2, 0.25) is 5.02 Å². The van der Waals surface area contributed by atoms with Crippen LogP contribution >= 0.6 is 11.6 Å². The number of hydrogen-bond acceptors (Lipinski definition) is 4. The van der Waals surface area contributed by atoms with Crippen molar-refractivity contribution in [2.24, 2.45) is 0 Å². The van der Waals surface area contributed by atoms with Gasteiger partial charge in [-0.2, -0.15) is 0 Å². The molecule has 2 aromatic rings. The first-order valence-corrected chi connectivity index (χ1v) is 8.51. The first-order chi connectivity index (χ1) is 11.7. The number of carbonyl (C=O) groups excluding carboxylic acids is 1. The zero-order chi connectivity index (χ0) is 16.6. The van der Waals surface area contributed by atoms with Gasteiger partial charge >= 0.3 is 0 Å². The minimum Gasteiger partial charge on any atom is -0.352 e. The van der Waals surface area contributed by atoms with Crippen LogP contribution in [0.5, 0.6) is 0 Å². The molecule has 1 spiro atoms. The van der Waals surface area contributed by atoms with E-state index in [1.165, 1.54) is 0 Å². The number of rotatable bonds is 2. The van der Waals surface area contributed by atoms with Crippen molar-refractivity contribution >= 4 is 23.2 Å². The Morgan fingerprint density at radius 3 is 3.04 bits per heavy atom. The lowest BCUT2D eigenvalue weighted by Crippen LogP contribution is -2.52. The van der Waals surface area contributed by atoms with Crippen molar-refractivity contribution in [1.29, 1.82) is 0 Å². The monoisotopic (exact) mass is 346 g/mol. The molecule has 1 saturated heterocycles. The van der Waals surface area contributed by atoms with Gasteiger partial charge in [0.1, 0.15) is 11.4 Å². The van der Waals surface area contributed by atoms with Gasteiger partial charge in [-0.3, -0.25) is 4.79 Å². The molecule has 2 aliphatic rings. The van der Waals surface area contributed by atoms with Gasteiger partial charge in [0.2, 0.25) is 0 Å². The molecule has 1 fully saturated rings. The molecule has 4 rings (SSSR count). The third-order valence-corrected chi connectivity index (χ3v) is 4.88. The van der Waals surface area contributed by atoms with Crippen LogP contribution in [0.25, 0.3) is 0 Å². The summed E-state index contributed by atoms with van der Waals surface area (Å²) >= 11 is 5.98. The number of fused-ring (bicyclic) bond motifs is 2. The first kappa shape index (κ1) is 15.6. The van der Waals surface area contributed by atoms with E-state index in [0.29, 0.717) is 17.3 Å². The molecule has 0 saturated carbocycles. The molecule has 2 aliphatic heterocycles. The van der Waals surface area contributed by atoms with Crippen LogP contribution < -0.4 is 10.6 Å². The number of amides is 1. The molecular formula is C17H19ClN4O2. The van der Waals surface area contributed by atoms with E-state index in [1.807, 2.05) is 22.9 Å². The molecule has 126 valence electrons. The summed E-state index contributed by atoms with van der Waals surface area (Å²) in [4.78, 5) is 17.2. The summed E-state index contributed by atoms with van der Waals surface area (Å²) in [5.74, 6) is 0.769. The maximum absolute atomic E-state index is 12.7. The molecule has 3 heterocycles. The van der Waals surface area contributed by atoms with Crippen LogP contribution in [0.3, 0.4) is 0 Å². The van der Waals surface area contributed by atoms with Gasteiger partial charge in [0.15, 0.2) is 6.10 Å². The first-order valence-electron chi connectivity index (χ1n) is 8.13. The molecule has 1 amide bonds. The third kappa shape index (κ3) is 2.81. The van der Waals surface area contributed by atoms with Crippen molar-refractivity contribution in [3.63, 3.8) is 0 Å². The molecule has 0 bridgehead atoms. The molecule has 6 nitrogen and oxygen atoms in total. The molecule has 0 aliphatic carbocycles. The van der Waals surface area contributed by atoms with Crippen molar-refractivity contribution in [3.8, 4) is 0 Å². The number of piperidine rings is 1. The summed E-state index contributed by atoms with van der Waals surface area (Å²) in [5.41, 5.74) is 0.190. The van der Waals surface area contributed by atoms with Crippen molar-refractivity contribution in [3.05, 3.63) is 47.5 Å². The highest BCUT2D eigenvalue weighted by Gasteiger charge is 2.45. The Morgan fingerprint density at radius 2 is 2.25 bits per heavy atom. The standard InChI is InChI=1S/C17H19ClN4O2/c18-12-2-1-3-13(10-12)21-15(23)14-11-22-9-8-20-16(22)17(24-14)4-6-19-7-5-17/h1-3,8-10,14,19H,4-7,11H2,(H,21,23)/t14-/m1/s1. The van der Waals surface area contributed by atoms with E-state index in [-0.39, 0.29) is 5.91 Å². The zero-order valence-electron chi connectivity index (χ0n) is 13.2. The van der Waals surface area contributed by atoms with E-state index in [4.69, 9.17) is 16.3 Å². The molecule has 7 heteroatoms. The summed E-state index contributed by atoms with van der Waals surface area (Å²) in [5, 5.41) is 6.82. The van der Waals surface area contributed by atoms with E-state index in [9.17, 15) is 4.79 Å². The Kier molecular flexibility index (Phi) is 4.04. The fourth-order valence-corrected chi connectivity index (χ4v) is 3.68. The Morgan fingerprint density at radius 1 is 1.42 bits per heavy atom. The minimum absolute atomic E-state index is 0.158. The second kappa shape index (κ2) is 6.20. The second-order valence-electron chi connectivity index (χ2n) is 6.25. The summed E-state index contributed by atoms with van der Waals surface area (Å²) < 4.78 is 8.33. The predicted octanol–water partition coefficient (Wildman–Crippen LogP) is 2.15. The largest absolute Gasteiger partial charge is 0.352 e. The van der Waals surface area contributed by atoms with Gasteiger partial charge in [-0.25, -0.2) is 4.98 Å². The SMILES string of the molecule is O=C(Nc1cccc(Cl)c1)[C@H]1Cn2ccnc2C2(CCNCC2)O1. The van der Waals surface area contributed by atoms with Crippen LogP contribution in [-0.2, 0) is 21.7 Å². The van der Waals surface area contributed by atoms with Crippen molar-refractivity contribution in [2.45, 2.75) is 31.1 Å². The molecule has 24 heavy (non-hydrogen) atoms. The topological polar surface area (TPSA) is 68.2 Å². The van der Waals surface area contributed by atoms with Gasteiger partial charge in [0.25, 0.3) is 5.91 Å². The van der Waals surface area contributed by atoms with E-state index in [2.05, 4.69) is 15.6 Å². The average molecular weight is 347 g/mol. The van der Waals surface area contributed by atoms with Gasteiger partial charge in [0.05, 0.1) is 6.54 Å². The molecule has 0 unspecified atom stereocenters. The summed E-state index contributed by atoms with van der Waals surface area (Å²) in [6.45, 7) is 2.18. The number of aromatic nitrogens is 2. The van der Waals surface area contributed by atoms with Crippen molar-refractivity contribution < 1.29 is 9.53 Å². The summed E-state index contributed by atoms with van der Waals surface area (Å²) in [7, 11) is 0. The quantitative estimate of drug-likeness (QED) is 0.874. The Bertz CT molecular complexity index is 755. The number of benzene rings is 1. The molecule has 0 radical (unpaired) electrons. The van der Waals surface area contributed by atoms with Crippen molar-refractivity contribution in [1.82, 2.24) is 14.9 Å². The van der Waals surface area contributed by atoms with Crippen LogP contribution in [0.4, 0.5) is 5.69 Å². The maximum atomic E-state index is 12.7.